The number of rotatable bonds is 3. The second-order valence-corrected chi connectivity index (χ2v) is 6.29. The first kappa shape index (κ1) is 16.3. The van der Waals surface area contributed by atoms with Gasteiger partial charge < -0.3 is 13.8 Å². The molecule has 0 aliphatic carbocycles. The van der Waals surface area contributed by atoms with E-state index in [9.17, 15) is 4.39 Å². The Kier molecular flexibility index (Phi) is 3.76. The van der Waals surface area contributed by atoms with Crippen molar-refractivity contribution in [3.63, 3.8) is 0 Å². The van der Waals surface area contributed by atoms with Gasteiger partial charge in [-0.25, -0.2) is 9.37 Å². The average molecular weight is 351 g/mol. The number of benzene rings is 2. The Bertz CT molecular complexity index is 1110. The zero-order valence-corrected chi connectivity index (χ0v) is 15.0. The van der Waals surface area contributed by atoms with Crippen LogP contribution in [0.5, 0.6) is 5.75 Å². The number of ether oxygens (including phenoxy) is 1. The third-order valence-corrected chi connectivity index (χ3v) is 4.60. The summed E-state index contributed by atoms with van der Waals surface area (Å²) in [7, 11) is 3.46. The summed E-state index contributed by atoms with van der Waals surface area (Å²) in [6.45, 7) is 3.75. The number of nitrogens with zero attached hydrogens (tertiary/aromatic N) is 3. The van der Waals surface area contributed by atoms with Crippen molar-refractivity contribution < 1.29 is 13.7 Å². The van der Waals surface area contributed by atoms with E-state index in [0.29, 0.717) is 11.3 Å². The molecule has 0 fully saturated rings. The van der Waals surface area contributed by atoms with E-state index in [2.05, 4.69) is 10.1 Å². The summed E-state index contributed by atoms with van der Waals surface area (Å²) in [5.74, 6) is 0.999. The second kappa shape index (κ2) is 5.98. The van der Waals surface area contributed by atoms with Gasteiger partial charge in [-0.05, 0) is 49.7 Å². The van der Waals surface area contributed by atoms with Crippen LogP contribution in [0, 0.1) is 19.7 Å². The minimum atomic E-state index is -0.316. The van der Waals surface area contributed by atoms with E-state index >= 15 is 0 Å². The first-order valence-corrected chi connectivity index (χ1v) is 8.22. The molecule has 0 radical (unpaired) electrons. The monoisotopic (exact) mass is 351 g/mol. The third kappa shape index (κ3) is 2.45. The summed E-state index contributed by atoms with van der Waals surface area (Å²) in [5, 5.41) is 4.03. The fraction of sp³-hybridized carbons (Fsp3) is 0.200. The molecule has 5 nitrogen and oxygen atoms in total. The summed E-state index contributed by atoms with van der Waals surface area (Å²) < 4.78 is 27.1. The lowest BCUT2D eigenvalue weighted by Gasteiger charge is -2.11. The highest BCUT2D eigenvalue weighted by molar-refractivity contribution is 5.97. The molecule has 6 heteroatoms. The summed E-state index contributed by atoms with van der Waals surface area (Å²) >= 11 is 0. The lowest BCUT2D eigenvalue weighted by atomic mass is 9.96. The maximum atomic E-state index is 14.7. The summed E-state index contributed by atoms with van der Waals surface area (Å²) in [4.78, 5) is 4.46. The quantitative estimate of drug-likeness (QED) is 0.539. The molecule has 0 N–H and O–H groups in total. The van der Waals surface area contributed by atoms with Gasteiger partial charge in [-0.2, -0.15) is 0 Å². The molecule has 0 saturated carbocycles. The van der Waals surface area contributed by atoms with Gasteiger partial charge in [0.2, 0.25) is 0 Å². The zero-order valence-electron chi connectivity index (χ0n) is 15.0. The van der Waals surface area contributed by atoms with E-state index in [1.54, 1.807) is 25.6 Å². The van der Waals surface area contributed by atoms with Gasteiger partial charge in [0.25, 0.3) is 0 Å². The van der Waals surface area contributed by atoms with Crippen LogP contribution in [0.1, 0.15) is 11.5 Å². The predicted octanol–water partition coefficient (Wildman–Crippen LogP) is 4.66. The lowest BCUT2D eigenvalue weighted by molar-refractivity contribution is 0.393. The normalized spacial score (nSPS) is 11.3. The molecule has 2 aromatic carbocycles. The second-order valence-electron chi connectivity index (χ2n) is 6.29. The number of imidazole rings is 1. The molecule has 4 rings (SSSR count). The molecule has 0 bridgehead atoms. The molecular formula is C20H18FN3O2. The van der Waals surface area contributed by atoms with Gasteiger partial charge in [0, 0.05) is 23.7 Å². The fourth-order valence-electron chi connectivity index (χ4n) is 3.38. The molecule has 26 heavy (non-hydrogen) atoms. The van der Waals surface area contributed by atoms with Crippen molar-refractivity contribution in [2.24, 2.45) is 7.05 Å². The number of hydrogen-bond acceptors (Lipinski definition) is 4. The minimum absolute atomic E-state index is 0.316. The van der Waals surface area contributed by atoms with Crippen LogP contribution in [0.25, 0.3) is 33.3 Å². The molecule has 0 spiro atoms. The molecule has 0 aliphatic heterocycles. The standard InChI is InChI=1S/C20H18FN3O2/c1-11-19(12(2)26-23-11)13-7-16(20-18(8-13)22-10-24(20)3)15-9-14(25-4)5-6-17(15)21/h5-10H,1-4H3. The summed E-state index contributed by atoms with van der Waals surface area (Å²) in [6.07, 6.45) is 1.73. The van der Waals surface area contributed by atoms with E-state index < -0.39 is 0 Å². The largest absolute Gasteiger partial charge is 0.497 e. The number of hydrogen-bond donors (Lipinski definition) is 0. The van der Waals surface area contributed by atoms with E-state index in [1.807, 2.05) is 37.6 Å². The van der Waals surface area contributed by atoms with Gasteiger partial charge in [-0.1, -0.05) is 5.16 Å². The van der Waals surface area contributed by atoms with Gasteiger partial charge in [-0.3, -0.25) is 0 Å². The Morgan fingerprint density at radius 1 is 1.12 bits per heavy atom. The Balaban J connectivity index is 2.07. The molecule has 0 unspecified atom stereocenters. The summed E-state index contributed by atoms with van der Waals surface area (Å²) in [5.41, 5.74) is 5.43. The zero-order chi connectivity index (χ0) is 18.4. The highest BCUT2D eigenvalue weighted by Crippen LogP contribution is 2.37. The van der Waals surface area contributed by atoms with Crippen LogP contribution in [0.2, 0.25) is 0 Å². The number of aryl methyl sites for hydroxylation is 3. The molecule has 2 heterocycles. The minimum Gasteiger partial charge on any atom is -0.497 e. The average Bonchev–Trinajstić information content (AvgIpc) is 3.17. The van der Waals surface area contributed by atoms with Crippen LogP contribution in [0.3, 0.4) is 0 Å². The molecular weight excluding hydrogens is 333 g/mol. The number of aromatic nitrogens is 3. The molecule has 132 valence electrons. The van der Waals surface area contributed by atoms with Crippen molar-refractivity contribution in [2.75, 3.05) is 7.11 Å². The third-order valence-electron chi connectivity index (χ3n) is 4.60. The van der Waals surface area contributed by atoms with Gasteiger partial charge in [0.05, 0.1) is 30.2 Å². The molecule has 0 aliphatic rings. The smallest absolute Gasteiger partial charge is 0.141 e. The van der Waals surface area contributed by atoms with Crippen molar-refractivity contribution in [2.45, 2.75) is 13.8 Å². The van der Waals surface area contributed by atoms with Gasteiger partial charge in [0.1, 0.15) is 17.3 Å². The predicted molar refractivity (Wildman–Crippen MR) is 97.6 cm³/mol. The number of methoxy groups -OCH3 is 1. The molecule has 4 aromatic rings. The Labute approximate surface area is 150 Å². The van der Waals surface area contributed by atoms with E-state index in [-0.39, 0.29) is 5.82 Å². The summed E-state index contributed by atoms with van der Waals surface area (Å²) in [6, 6.07) is 8.66. The van der Waals surface area contributed by atoms with Crippen molar-refractivity contribution in [3.8, 4) is 28.0 Å². The van der Waals surface area contributed by atoms with E-state index in [0.717, 1.165) is 39.2 Å². The van der Waals surface area contributed by atoms with Crippen molar-refractivity contribution in [1.82, 2.24) is 14.7 Å². The SMILES string of the molecule is COc1ccc(F)c(-c2cc(-c3c(C)noc3C)cc3ncn(C)c23)c1. The van der Waals surface area contributed by atoms with Crippen LogP contribution >= 0.6 is 0 Å². The maximum Gasteiger partial charge on any atom is 0.141 e. The Hall–Kier alpha value is -3.15. The van der Waals surface area contributed by atoms with Gasteiger partial charge >= 0.3 is 0 Å². The van der Waals surface area contributed by atoms with Crippen LogP contribution in [-0.2, 0) is 7.05 Å². The lowest BCUT2D eigenvalue weighted by Crippen LogP contribution is -1.94. The molecule has 0 amide bonds. The molecule has 2 aromatic heterocycles. The van der Waals surface area contributed by atoms with E-state index in [1.165, 1.54) is 6.07 Å². The number of halogens is 1. The fourth-order valence-corrected chi connectivity index (χ4v) is 3.38. The molecule has 0 saturated heterocycles. The highest BCUT2D eigenvalue weighted by atomic mass is 19.1. The van der Waals surface area contributed by atoms with E-state index in [4.69, 9.17) is 9.26 Å². The topological polar surface area (TPSA) is 53.1 Å². The van der Waals surface area contributed by atoms with Crippen LogP contribution in [0.4, 0.5) is 4.39 Å². The number of fused-ring (bicyclic) bond motifs is 1. The van der Waals surface area contributed by atoms with Crippen molar-refractivity contribution in [1.29, 1.82) is 0 Å². The van der Waals surface area contributed by atoms with Gasteiger partial charge in [-0.15, -0.1) is 0 Å². The van der Waals surface area contributed by atoms with Crippen LogP contribution in [-0.4, -0.2) is 21.8 Å². The first-order chi connectivity index (χ1) is 12.5. The first-order valence-electron chi connectivity index (χ1n) is 8.22. The van der Waals surface area contributed by atoms with Crippen molar-refractivity contribution in [3.05, 3.63) is 53.9 Å². The van der Waals surface area contributed by atoms with Crippen LogP contribution < -0.4 is 4.74 Å². The van der Waals surface area contributed by atoms with Gasteiger partial charge in [0.15, 0.2) is 0 Å². The van der Waals surface area contributed by atoms with Crippen molar-refractivity contribution >= 4 is 11.0 Å². The maximum absolute atomic E-state index is 14.7. The Morgan fingerprint density at radius 3 is 2.62 bits per heavy atom. The van der Waals surface area contributed by atoms with Crippen LogP contribution in [0.15, 0.2) is 41.2 Å². The Morgan fingerprint density at radius 2 is 1.92 bits per heavy atom. The highest BCUT2D eigenvalue weighted by Gasteiger charge is 2.19. The molecule has 0 atom stereocenters.